The number of hydrogen-bond acceptors (Lipinski definition) is 1. The summed E-state index contributed by atoms with van der Waals surface area (Å²) < 4.78 is 13.8. The van der Waals surface area contributed by atoms with Gasteiger partial charge in [-0.2, -0.15) is 0 Å². The monoisotopic (exact) mass is 208 g/mol. The molecule has 0 aliphatic heterocycles. The highest BCUT2D eigenvalue weighted by Gasteiger charge is 2.38. The van der Waals surface area contributed by atoms with E-state index in [2.05, 4.69) is 6.92 Å². The van der Waals surface area contributed by atoms with E-state index >= 15 is 0 Å². The predicted molar refractivity (Wildman–Crippen MR) is 58.7 cm³/mol. The van der Waals surface area contributed by atoms with E-state index in [4.69, 9.17) is 0 Å². The molecule has 1 aliphatic carbocycles. The van der Waals surface area contributed by atoms with Crippen LogP contribution in [-0.4, -0.2) is 5.11 Å². The Hall–Kier alpha value is -1.05. The SMILES string of the molecule is CC(C)c1cc(O)cc(F)c1[C@H]1C[C@H]1C. The molecule has 0 amide bonds. The zero-order chi connectivity index (χ0) is 11.2. The fourth-order valence-corrected chi connectivity index (χ4v) is 2.22. The van der Waals surface area contributed by atoms with Crippen molar-refractivity contribution in [1.29, 1.82) is 0 Å². The number of hydrogen-bond donors (Lipinski definition) is 1. The molecule has 82 valence electrons. The Labute approximate surface area is 89.9 Å². The third-order valence-corrected chi connectivity index (χ3v) is 3.25. The Bertz CT molecular complexity index is 384. The van der Waals surface area contributed by atoms with Gasteiger partial charge in [0.2, 0.25) is 0 Å². The second kappa shape index (κ2) is 3.51. The molecule has 1 N–H and O–H groups in total. The molecule has 0 aromatic heterocycles. The quantitative estimate of drug-likeness (QED) is 0.784. The number of phenolic OH excluding ortho intramolecular Hbond substituents is 1. The van der Waals surface area contributed by atoms with Gasteiger partial charge >= 0.3 is 0 Å². The molecular weight excluding hydrogens is 191 g/mol. The maximum atomic E-state index is 13.8. The van der Waals surface area contributed by atoms with Crippen molar-refractivity contribution in [3.8, 4) is 5.75 Å². The van der Waals surface area contributed by atoms with Crippen molar-refractivity contribution in [2.24, 2.45) is 5.92 Å². The second-order valence-corrected chi connectivity index (χ2v) is 4.90. The Morgan fingerprint density at radius 2 is 2.00 bits per heavy atom. The van der Waals surface area contributed by atoms with Crippen LogP contribution in [0, 0.1) is 11.7 Å². The molecule has 1 aromatic rings. The van der Waals surface area contributed by atoms with Gasteiger partial charge < -0.3 is 5.11 Å². The first-order valence-electron chi connectivity index (χ1n) is 5.53. The Balaban J connectivity index is 2.50. The fraction of sp³-hybridized carbons (Fsp3) is 0.538. The summed E-state index contributed by atoms with van der Waals surface area (Å²) in [5.41, 5.74) is 1.79. The zero-order valence-electron chi connectivity index (χ0n) is 9.42. The van der Waals surface area contributed by atoms with Crippen molar-refractivity contribution in [3.05, 3.63) is 29.1 Å². The Morgan fingerprint density at radius 1 is 1.40 bits per heavy atom. The standard InChI is InChI=1S/C13H17FO/c1-7(2)10-5-9(15)6-12(14)13(10)11-4-8(11)3/h5-8,11,15H,4H2,1-3H3/t8-,11+/m1/s1. The maximum absolute atomic E-state index is 13.8. The van der Waals surface area contributed by atoms with E-state index in [1.165, 1.54) is 6.07 Å². The maximum Gasteiger partial charge on any atom is 0.130 e. The summed E-state index contributed by atoms with van der Waals surface area (Å²) in [5.74, 6) is 1.00. The molecule has 0 heterocycles. The van der Waals surface area contributed by atoms with Crippen LogP contribution in [0.3, 0.4) is 0 Å². The van der Waals surface area contributed by atoms with E-state index in [0.717, 1.165) is 17.5 Å². The number of rotatable bonds is 2. The zero-order valence-corrected chi connectivity index (χ0v) is 9.42. The molecule has 0 unspecified atom stereocenters. The van der Waals surface area contributed by atoms with Crippen LogP contribution in [0.5, 0.6) is 5.75 Å². The first-order chi connectivity index (χ1) is 7.00. The van der Waals surface area contributed by atoms with Gasteiger partial charge in [0, 0.05) is 6.07 Å². The molecule has 1 nitrogen and oxygen atoms in total. The lowest BCUT2D eigenvalue weighted by molar-refractivity contribution is 0.465. The van der Waals surface area contributed by atoms with Gasteiger partial charge in [-0.1, -0.05) is 20.8 Å². The van der Waals surface area contributed by atoms with E-state index in [0.29, 0.717) is 11.8 Å². The highest BCUT2D eigenvalue weighted by Crippen LogP contribution is 2.50. The largest absolute Gasteiger partial charge is 0.508 e. The Kier molecular flexibility index (Phi) is 2.45. The molecule has 2 atom stereocenters. The third-order valence-electron chi connectivity index (χ3n) is 3.25. The van der Waals surface area contributed by atoms with Crippen LogP contribution in [-0.2, 0) is 0 Å². The van der Waals surface area contributed by atoms with Crippen LogP contribution >= 0.6 is 0 Å². The van der Waals surface area contributed by atoms with Crippen LogP contribution in [0.25, 0.3) is 0 Å². The molecule has 0 saturated heterocycles. The van der Waals surface area contributed by atoms with Gasteiger partial charge in [-0.3, -0.25) is 0 Å². The molecule has 1 saturated carbocycles. The lowest BCUT2D eigenvalue weighted by Gasteiger charge is -2.14. The smallest absolute Gasteiger partial charge is 0.130 e. The van der Waals surface area contributed by atoms with Crippen LogP contribution in [0.1, 0.15) is 50.2 Å². The Morgan fingerprint density at radius 3 is 2.47 bits per heavy atom. The minimum absolute atomic E-state index is 0.0354. The van der Waals surface area contributed by atoms with E-state index < -0.39 is 0 Å². The molecule has 2 heteroatoms. The molecule has 0 radical (unpaired) electrons. The summed E-state index contributed by atoms with van der Waals surface area (Å²) >= 11 is 0. The van der Waals surface area contributed by atoms with Crippen molar-refractivity contribution < 1.29 is 9.50 Å². The minimum atomic E-state index is -0.243. The molecule has 15 heavy (non-hydrogen) atoms. The topological polar surface area (TPSA) is 20.2 Å². The number of benzene rings is 1. The van der Waals surface area contributed by atoms with Gasteiger partial charge in [0.1, 0.15) is 11.6 Å². The van der Waals surface area contributed by atoms with Gasteiger partial charge in [0.15, 0.2) is 0 Å². The minimum Gasteiger partial charge on any atom is -0.508 e. The number of phenols is 1. The summed E-state index contributed by atoms with van der Waals surface area (Å²) in [4.78, 5) is 0. The summed E-state index contributed by atoms with van der Waals surface area (Å²) in [7, 11) is 0. The number of halogens is 1. The van der Waals surface area contributed by atoms with Crippen molar-refractivity contribution in [1.82, 2.24) is 0 Å². The average molecular weight is 208 g/mol. The van der Waals surface area contributed by atoms with E-state index in [-0.39, 0.29) is 17.5 Å². The first-order valence-corrected chi connectivity index (χ1v) is 5.53. The third kappa shape index (κ3) is 1.85. The van der Waals surface area contributed by atoms with Gasteiger partial charge in [0.25, 0.3) is 0 Å². The molecule has 0 spiro atoms. The summed E-state index contributed by atoms with van der Waals surface area (Å²) in [6.07, 6.45) is 1.07. The number of aromatic hydroxyl groups is 1. The molecule has 0 bridgehead atoms. The lowest BCUT2D eigenvalue weighted by Crippen LogP contribution is -1.99. The second-order valence-electron chi connectivity index (χ2n) is 4.90. The van der Waals surface area contributed by atoms with Crippen molar-refractivity contribution >= 4 is 0 Å². The van der Waals surface area contributed by atoms with Crippen molar-refractivity contribution in [2.45, 2.75) is 39.0 Å². The fourth-order valence-electron chi connectivity index (χ4n) is 2.22. The van der Waals surface area contributed by atoms with E-state index in [1.807, 2.05) is 13.8 Å². The van der Waals surface area contributed by atoms with Gasteiger partial charge in [-0.25, -0.2) is 4.39 Å². The summed E-state index contributed by atoms with van der Waals surface area (Å²) in [6, 6.07) is 2.93. The van der Waals surface area contributed by atoms with E-state index in [9.17, 15) is 9.50 Å². The molecular formula is C13H17FO. The van der Waals surface area contributed by atoms with Crippen LogP contribution in [0.15, 0.2) is 12.1 Å². The van der Waals surface area contributed by atoms with Gasteiger partial charge in [0.05, 0.1) is 0 Å². The van der Waals surface area contributed by atoms with E-state index in [1.54, 1.807) is 6.07 Å². The lowest BCUT2D eigenvalue weighted by atomic mass is 9.93. The van der Waals surface area contributed by atoms with Crippen LogP contribution in [0.2, 0.25) is 0 Å². The molecule has 2 rings (SSSR count). The highest BCUT2D eigenvalue weighted by molar-refractivity contribution is 5.42. The average Bonchev–Trinajstić information content (AvgIpc) is 2.80. The molecule has 1 fully saturated rings. The van der Waals surface area contributed by atoms with Crippen LogP contribution < -0.4 is 0 Å². The first kappa shape index (κ1) is 10.5. The van der Waals surface area contributed by atoms with Crippen molar-refractivity contribution in [2.75, 3.05) is 0 Å². The summed E-state index contributed by atoms with van der Waals surface area (Å²) in [5, 5.41) is 9.40. The van der Waals surface area contributed by atoms with Crippen LogP contribution in [0.4, 0.5) is 4.39 Å². The predicted octanol–water partition coefficient (Wildman–Crippen LogP) is 3.78. The molecule has 1 aliphatic rings. The normalized spacial score (nSPS) is 24.6. The highest BCUT2D eigenvalue weighted by atomic mass is 19.1. The summed E-state index contributed by atoms with van der Waals surface area (Å²) in [6.45, 7) is 6.20. The van der Waals surface area contributed by atoms with Crippen molar-refractivity contribution in [3.63, 3.8) is 0 Å². The molecule has 1 aromatic carbocycles. The van der Waals surface area contributed by atoms with Gasteiger partial charge in [-0.05, 0) is 41.4 Å². The van der Waals surface area contributed by atoms with Gasteiger partial charge in [-0.15, -0.1) is 0 Å².